The number of ether oxygens (including phenoxy) is 1. The van der Waals surface area contributed by atoms with E-state index < -0.39 is 34.3 Å². The van der Waals surface area contributed by atoms with Crippen molar-refractivity contribution in [2.45, 2.75) is 4.90 Å². The molecule has 0 radical (unpaired) electrons. The van der Waals surface area contributed by atoms with Gasteiger partial charge < -0.3 is 10.1 Å². The van der Waals surface area contributed by atoms with Crippen molar-refractivity contribution in [2.75, 3.05) is 11.9 Å². The van der Waals surface area contributed by atoms with E-state index in [0.29, 0.717) is 0 Å². The van der Waals surface area contributed by atoms with Crippen LogP contribution in [0.25, 0.3) is 0 Å². The van der Waals surface area contributed by atoms with Crippen molar-refractivity contribution in [1.82, 2.24) is 0 Å². The van der Waals surface area contributed by atoms with E-state index in [-0.39, 0.29) is 16.1 Å². The number of amides is 1. The number of carbonyl (C=O) groups excluding carboxylic acids is 2. The van der Waals surface area contributed by atoms with Gasteiger partial charge in [0.2, 0.25) is 10.0 Å². The molecule has 1 amide bonds. The highest BCUT2D eigenvalue weighted by Crippen LogP contribution is 2.14. The normalized spacial score (nSPS) is 10.9. The van der Waals surface area contributed by atoms with Gasteiger partial charge in [0, 0.05) is 5.69 Å². The minimum atomic E-state index is -3.91. The summed E-state index contributed by atoms with van der Waals surface area (Å²) in [5.41, 5.74) is -0.130. The zero-order valence-corrected chi connectivity index (χ0v) is 13.0. The maximum atomic E-state index is 13.4. The van der Waals surface area contributed by atoms with Gasteiger partial charge in [-0.25, -0.2) is 22.7 Å². The van der Waals surface area contributed by atoms with Crippen molar-refractivity contribution in [3.05, 3.63) is 59.9 Å². The molecule has 24 heavy (non-hydrogen) atoms. The van der Waals surface area contributed by atoms with Crippen LogP contribution in [-0.2, 0) is 19.6 Å². The molecule has 3 N–H and O–H groups in total. The van der Waals surface area contributed by atoms with Gasteiger partial charge >= 0.3 is 5.97 Å². The van der Waals surface area contributed by atoms with Crippen LogP contribution in [0.15, 0.2) is 53.4 Å². The number of hydrogen-bond donors (Lipinski definition) is 2. The Balaban J connectivity index is 1.97. The van der Waals surface area contributed by atoms with E-state index in [1.54, 1.807) is 0 Å². The highest BCUT2D eigenvalue weighted by molar-refractivity contribution is 7.89. The summed E-state index contributed by atoms with van der Waals surface area (Å²) < 4.78 is 40.6. The van der Waals surface area contributed by atoms with Gasteiger partial charge in [0.1, 0.15) is 5.82 Å². The predicted octanol–water partition coefficient (Wildman–Crippen LogP) is 1.27. The summed E-state index contributed by atoms with van der Waals surface area (Å²) in [5.74, 6) is -2.46. The Kier molecular flexibility index (Phi) is 5.27. The number of benzene rings is 2. The number of sulfonamides is 1. The van der Waals surface area contributed by atoms with E-state index in [1.165, 1.54) is 36.4 Å². The fourth-order valence-corrected chi connectivity index (χ4v) is 2.34. The molecule has 2 aromatic carbocycles. The highest BCUT2D eigenvalue weighted by atomic mass is 32.2. The van der Waals surface area contributed by atoms with Crippen molar-refractivity contribution in [3.8, 4) is 0 Å². The van der Waals surface area contributed by atoms with E-state index in [9.17, 15) is 22.4 Å². The van der Waals surface area contributed by atoms with Crippen LogP contribution in [0.1, 0.15) is 10.4 Å². The number of halogens is 1. The molecule has 2 rings (SSSR count). The number of carbonyl (C=O) groups is 2. The smallest absolute Gasteiger partial charge is 0.341 e. The first-order valence-electron chi connectivity index (χ1n) is 6.62. The molecule has 7 nitrogen and oxygen atoms in total. The molecule has 0 saturated carbocycles. The van der Waals surface area contributed by atoms with Gasteiger partial charge in [0.15, 0.2) is 6.61 Å². The summed E-state index contributed by atoms with van der Waals surface area (Å²) in [6.07, 6.45) is 0. The number of esters is 1. The molecule has 126 valence electrons. The molecular weight excluding hydrogens is 339 g/mol. The zero-order chi connectivity index (χ0) is 17.7. The Morgan fingerprint density at radius 1 is 1.12 bits per heavy atom. The first-order valence-corrected chi connectivity index (χ1v) is 8.16. The number of hydrogen-bond acceptors (Lipinski definition) is 5. The topological polar surface area (TPSA) is 116 Å². The third-order valence-corrected chi connectivity index (χ3v) is 3.79. The molecule has 0 atom stereocenters. The lowest BCUT2D eigenvalue weighted by Gasteiger charge is -2.08. The highest BCUT2D eigenvalue weighted by Gasteiger charge is 2.15. The second-order valence-electron chi connectivity index (χ2n) is 4.68. The monoisotopic (exact) mass is 352 g/mol. The summed E-state index contributed by atoms with van der Waals surface area (Å²) in [6, 6.07) is 10.4. The third-order valence-electron chi connectivity index (χ3n) is 2.87. The van der Waals surface area contributed by atoms with Gasteiger partial charge in [-0.15, -0.1) is 0 Å². The molecule has 9 heteroatoms. The molecule has 0 aliphatic rings. The van der Waals surface area contributed by atoms with Gasteiger partial charge in [-0.1, -0.05) is 18.2 Å². The quantitative estimate of drug-likeness (QED) is 0.786. The van der Waals surface area contributed by atoms with Crippen LogP contribution in [0.4, 0.5) is 10.1 Å². The first-order chi connectivity index (χ1) is 11.3. The Bertz CT molecular complexity index is 883. The number of nitrogens with two attached hydrogens (primary N) is 1. The average Bonchev–Trinajstić information content (AvgIpc) is 2.52. The minimum Gasteiger partial charge on any atom is -0.452 e. The molecular formula is C15H13FN2O5S. The van der Waals surface area contributed by atoms with Crippen molar-refractivity contribution in [1.29, 1.82) is 0 Å². The predicted molar refractivity (Wildman–Crippen MR) is 83.1 cm³/mol. The Labute approximate surface area is 137 Å². The standard InChI is InChI=1S/C15H13FN2O5S/c16-13-7-2-1-6-12(13)15(20)23-9-14(19)18-10-4-3-5-11(8-10)24(17,21)22/h1-8H,9H2,(H,18,19)(H2,17,21,22). The fraction of sp³-hybridized carbons (Fsp3) is 0.0667. The Morgan fingerprint density at radius 3 is 2.50 bits per heavy atom. The van der Waals surface area contributed by atoms with Gasteiger partial charge in [0.05, 0.1) is 10.5 Å². The summed E-state index contributed by atoms with van der Waals surface area (Å²) in [7, 11) is -3.91. The molecule has 0 spiro atoms. The maximum absolute atomic E-state index is 13.4. The van der Waals surface area contributed by atoms with Crippen molar-refractivity contribution in [3.63, 3.8) is 0 Å². The van der Waals surface area contributed by atoms with Crippen molar-refractivity contribution >= 4 is 27.6 Å². The zero-order valence-electron chi connectivity index (χ0n) is 12.2. The lowest BCUT2D eigenvalue weighted by atomic mass is 10.2. The van der Waals surface area contributed by atoms with Crippen LogP contribution in [-0.4, -0.2) is 26.9 Å². The Morgan fingerprint density at radius 2 is 1.83 bits per heavy atom. The molecule has 0 aromatic heterocycles. The molecule has 0 bridgehead atoms. The summed E-state index contributed by atoms with van der Waals surface area (Å²) >= 11 is 0. The maximum Gasteiger partial charge on any atom is 0.341 e. The van der Waals surface area contributed by atoms with E-state index in [0.717, 1.165) is 12.1 Å². The van der Waals surface area contributed by atoms with E-state index in [1.807, 2.05) is 0 Å². The van der Waals surface area contributed by atoms with Crippen LogP contribution in [0.3, 0.4) is 0 Å². The minimum absolute atomic E-state index is 0.161. The molecule has 2 aromatic rings. The van der Waals surface area contributed by atoms with Crippen LogP contribution in [0, 0.1) is 5.82 Å². The number of primary sulfonamides is 1. The SMILES string of the molecule is NS(=O)(=O)c1cccc(NC(=O)COC(=O)c2ccccc2F)c1. The molecule has 0 unspecified atom stereocenters. The molecule has 0 aliphatic heterocycles. The van der Waals surface area contributed by atoms with Crippen LogP contribution < -0.4 is 10.5 Å². The number of anilines is 1. The van der Waals surface area contributed by atoms with Gasteiger partial charge in [-0.2, -0.15) is 0 Å². The fourth-order valence-electron chi connectivity index (χ4n) is 1.78. The Hall–Kier alpha value is -2.78. The van der Waals surface area contributed by atoms with E-state index >= 15 is 0 Å². The summed E-state index contributed by atoms with van der Waals surface area (Å²) in [5, 5.41) is 7.33. The van der Waals surface area contributed by atoms with Crippen molar-refractivity contribution in [2.24, 2.45) is 5.14 Å². The first kappa shape index (κ1) is 17.6. The van der Waals surface area contributed by atoms with Crippen LogP contribution in [0.2, 0.25) is 0 Å². The second-order valence-corrected chi connectivity index (χ2v) is 6.24. The molecule has 0 saturated heterocycles. The average molecular weight is 352 g/mol. The number of nitrogens with one attached hydrogen (secondary N) is 1. The number of rotatable bonds is 5. The lowest BCUT2D eigenvalue weighted by Crippen LogP contribution is -2.21. The van der Waals surface area contributed by atoms with Gasteiger partial charge in [0.25, 0.3) is 5.91 Å². The van der Waals surface area contributed by atoms with Crippen LogP contribution >= 0.6 is 0 Å². The summed E-state index contributed by atoms with van der Waals surface area (Å²) in [4.78, 5) is 23.2. The lowest BCUT2D eigenvalue weighted by molar-refractivity contribution is -0.119. The van der Waals surface area contributed by atoms with Gasteiger partial charge in [-0.3, -0.25) is 4.79 Å². The molecule has 0 aliphatic carbocycles. The molecule has 0 heterocycles. The van der Waals surface area contributed by atoms with E-state index in [4.69, 9.17) is 9.88 Å². The second kappa shape index (κ2) is 7.20. The van der Waals surface area contributed by atoms with E-state index in [2.05, 4.69) is 5.32 Å². The molecule has 0 fully saturated rings. The van der Waals surface area contributed by atoms with Crippen LogP contribution in [0.5, 0.6) is 0 Å². The van der Waals surface area contributed by atoms with Crippen molar-refractivity contribution < 1.29 is 27.1 Å². The third kappa shape index (κ3) is 4.61. The largest absolute Gasteiger partial charge is 0.452 e. The van der Waals surface area contributed by atoms with Gasteiger partial charge in [-0.05, 0) is 30.3 Å². The summed E-state index contributed by atoms with van der Waals surface area (Å²) in [6.45, 7) is -0.660.